The summed E-state index contributed by atoms with van der Waals surface area (Å²) in [6.07, 6.45) is 0. The Bertz CT molecular complexity index is 371. The Balaban J connectivity index is -0.000000403. The number of rotatable bonds is 1. The Hall–Kier alpha value is 0.190. The van der Waals surface area contributed by atoms with Crippen molar-refractivity contribution in [2.75, 3.05) is 5.73 Å². The quantitative estimate of drug-likeness (QED) is 0.402. The van der Waals surface area contributed by atoms with E-state index in [0.29, 0.717) is 0 Å². The average Bonchev–Trinajstić information content (AvgIpc) is 1.86. The molecule has 1 rings (SSSR count). The molecule has 0 aliphatic rings. The molecule has 6 heteroatoms. The molecule has 3 N–H and O–H groups in total. The van der Waals surface area contributed by atoms with Crippen molar-refractivity contribution in [3.8, 4) is 0 Å². The van der Waals surface area contributed by atoms with E-state index >= 15 is 0 Å². The molecule has 0 fully saturated rings. The van der Waals surface area contributed by atoms with Crippen molar-refractivity contribution in [1.29, 1.82) is 0 Å². The molecule has 0 atom stereocenters. The van der Waals surface area contributed by atoms with Crippen LogP contribution in [0.3, 0.4) is 0 Å². The zero-order valence-electron chi connectivity index (χ0n) is 8.27. The van der Waals surface area contributed by atoms with E-state index < -0.39 is 10.1 Å². The smallest absolute Gasteiger partial charge is 1.00 e. The molecule has 0 aliphatic carbocycles. The molecule has 0 saturated carbocycles. The molecule has 12 heavy (non-hydrogen) atoms. The second-order valence-electron chi connectivity index (χ2n) is 2.01. The SMILES string of the molecule is Nc1ccccc1S(=O)(=O)O.[Ca+2].[H-].[H-]. The third-order valence-corrected chi connectivity index (χ3v) is 2.12. The van der Waals surface area contributed by atoms with Crippen LogP contribution in [0.15, 0.2) is 29.2 Å². The standard InChI is InChI=1S/C6H7NO3S.Ca.2H/c7-5-3-1-2-4-6(5)11(8,9)10;;;/h1-4H,7H2,(H,8,9,10);;;/q;+2;2*-1. The van der Waals surface area contributed by atoms with Gasteiger partial charge >= 0.3 is 37.7 Å². The Kier molecular flexibility index (Phi) is 4.50. The van der Waals surface area contributed by atoms with Gasteiger partial charge in [-0.05, 0) is 12.1 Å². The molecule has 0 heterocycles. The third-order valence-electron chi connectivity index (χ3n) is 1.20. The van der Waals surface area contributed by atoms with Crippen molar-refractivity contribution < 1.29 is 15.8 Å². The molecule has 0 spiro atoms. The van der Waals surface area contributed by atoms with Gasteiger partial charge in [-0.15, -0.1) is 0 Å². The first-order valence-electron chi connectivity index (χ1n) is 2.84. The first kappa shape index (κ1) is 12.2. The summed E-state index contributed by atoms with van der Waals surface area (Å²) in [7, 11) is -4.16. The van der Waals surface area contributed by atoms with Crippen LogP contribution in [0.25, 0.3) is 0 Å². The molecule has 0 aliphatic heterocycles. The minimum absolute atomic E-state index is 0. The second kappa shape index (κ2) is 4.43. The number of nitrogen functional groups attached to an aromatic ring is 1. The van der Waals surface area contributed by atoms with Crippen molar-refractivity contribution in [1.82, 2.24) is 0 Å². The zero-order valence-corrected chi connectivity index (χ0v) is 9.29. The number of hydrogen-bond acceptors (Lipinski definition) is 3. The van der Waals surface area contributed by atoms with E-state index in [1.54, 1.807) is 6.07 Å². The van der Waals surface area contributed by atoms with Crippen LogP contribution in [0, 0.1) is 0 Å². The fourth-order valence-corrected chi connectivity index (χ4v) is 1.33. The van der Waals surface area contributed by atoms with Crippen molar-refractivity contribution >= 4 is 53.5 Å². The summed E-state index contributed by atoms with van der Waals surface area (Å²) in [6.45, 7) is 0. The van der Waals surface area contributed by atoms with Gasteiger partial charge in [0.05, 0.1) is 5.69 Å². The van der Waals surface area contributed by atoms with Gasteiger partial charge in [0.2, 0.25) is 0 Å². The largest absolute Gasteiger partial charge is 2.00 e. The van der Waals surface area contributed by atoms with Crippen molar-refractivity contribution in [3.63, 3.8) is 0 Å². The van der Waals surface area contributed by atoms with Crippen LogP contribution < -0.4 is 5.73 Å². The van der Waals surface area contributed by atoms with Crippen molar-refractivity contribution in [3.05, 3.63) is 24.3 Å². The van der Waals surface area contributed by atoms with Crippen LogP contribution in [0.5, 0.6) is 0 Å². The van der Waals surface area contributed by atoms with Crippen LogP contribution in [0.1, 0.15) is 2.85 Å². The Morgan fingerprint density at radius 3 is 2.17 bits per heavy atom. The monoisotopic (exact) mass is 215 g/mol. The summed E-state index contributed by atoms with van der Waals surface area (Å²) in [4.78, 5) is -0.250. The fraction of sp³-hybridized carbons (Fsp3) is 0. The topological polar surface area (TPSA) is 80.4 Å². The molecule has 0 saturated heterocycles. The predicted molar refractivity (Wildman–Crippen MR) is 48.6 cm³/mol. The molecule has 0 amide bonds. The van der Waals surface area contributed by atoms with Crippen LogP contribution in [0.2, 0.25) is 0 Å². The average molecular weight is 215 g/mol. The van der Waals surface area contributed by atoms with Gasteiger partial charge in [0.15, 0.2) is 0 Å². The van der Waals surface area contributed by atoms with E-state index in [1.807, 2.05) is 0 Å². The summed E-state index contributed by atoms with van der Waals surface area (Å²) >= 11 is 0. The molecule has 1 aromatic rings. The summed E-state index contributed by atoms with van der Waals surface area (Å²) in [6, 6.07) is 5.72. The van der Waals surface area contributed by atoms with E-state index in [-0.39, 0.29) is 51.2 Å². The van der Waals surface area contributed by atoms with Crippen LogP contribution in [-0.2, 0) is 10.1 Å². The molecular formula is C6H9CaNO3S. The van der Waals surface area contributed by atoms with E-state index in [4.69, 9.17) is 10.3 Å². The van der Waals surface area contributed by atoms with E-state index in [1.165, 1.54) is 18.2 Å². The number of benzene rings is 1. The van der Waals surface area contributed by atoms with Gasteiger partial charge in [0.1, 0.15) is 4.90 Å². The van der Waals surface area contributed by atoms with Gasteiger partial charge in [0.25, 0.3) is 10.1 Å². The Morgan fingerprint density at radius 2 is 1.83 bits per heavy atom. The Labute approximate surface area is 103 Å². The molecule has 0 bridgehead atoms. The normalized spacial score (nSPS) is 10.4. The van der Waals surface area contributed by atoms with Crippen molar-refractivity contribution in [2.24, 2.45) is 0 Å². The second-order valence-corrected chi connectivity index (χ2v) is 3.40. The first-order chi connectivity index (χ1) is 5.02. The zero-order chi connectivity index (χ0) is 8.48. The molecular weight excluding hydrogens is 206 g/mol. The summed E-state index contributed by atoms with van der Waals surface area (Å²) in [5.41, 5.74) is 5.32. The van der Waals surface area contributed by atoms with Crippen LogP contribution in [0.4, 0.5) is 5.69 Å². The molecule has 1 aromatic carbocycles. The van der Waals surface area contributed by atoms with E-state index in [0.717, 1.165) is 0 Å². The summed E-state index contributed by atoms with van der Waals surface area (Å²) in [5, 5.41) is 0. The number of anilines is 1. The first-order valence-corrected chi connectivity index (χ1v) is 4.28. The maximum absolute atomic E-state index is 10.5. The fourth-order valence-electron chi connectivity index (χ4n) is 0.715. The van der Waals surface area contributed by atoms with Gasteiger partial charge in [-0.3, -0.25) is 4.55 Å². The molecule has 0 aromatic heterocycles. The van der Waals surface area contributed by atoms with Gasteiger partial charge in [-0.1, -0.05) is 12.1 Å². The molecule has 0 unspecified atom stereocenters. The number of nitrogens with two attached hydrogens (primary N) is 1. The Morgan fingerprint density at radius 1 is 1.33 bits per heavy atom. The summed E-state index contributed by atoms with van der Waals surface area (Å²) in [5.74, 6) is 0. The molecule has 0 radical (unpaired) electrons. The molecule has 64 valence electrons. The van der Waals surface area contributed by atoms with Gasteiger partial charge in [-0.25, -0.2) is 0 Å². The van der Waals surface area contributed by atoms with E-state index in [9.17, 15) is 8.42 Å². The van der Waals surface area contributed by atoms with E-state index in [2.05, 4.69) is 0 Å². The predicted octanol–water partition coefficient (Wildman–Crippen LogP) is 0.360. The van der Waals surface area contributed by atoms with Gasteiger partial charge in [-0.2, -0.15) is 8.42 Å². The minimum atomic E-state index is -4.16. The maximum Gasteiger partial charge on any atom is 2.00 e. The number of para-hydroxylation sites is 1. The van der Waals surface area contributed by atoms with Crippen LogP contribution >= 0.6 is 0 Å². The van der Waals surface area contributed by atoms with Crippen molar-refractivity contribution in [2.45, 2.75) is 4.90 Å². The van der Waals surface area contributed by atoms with Crippen LogP contribution in [-0.4, -0.2) is 50.7 Å². The van der Waals surface area contributed by atoms with Gasteiger partial charge < -0.3 is 8.59 Å². The maximum atomic E-state index is 10.5. The number of hydrogen-bond donors (Lipinski definition) is 2. The minimum Gasteiger partial charge on any atom is -1.00 e. The van der Waals surface area contributed by atoms with Gasteiger partial charge in [0, 0.05) is 0 Å². The summed E-state index contributed by atoms with van der Waals surface area (Å²) < 4.78 is 29.6. The third kappa shape index (κ3) is 2.91. The molecule has 4 nitrogen and oxygen atoms in total.